The SMILES string of the molecule is N#CCCSc1nnc(-c2ccncc2)o1. The molecule has 2 heterocycles. The van der Waals surface area contributed by atoms with E-state index >= 15 is 0 Å². The zero-order chi connectivity index (χ0) is 11.2. The molecule has 5 nitrogen and oxygen atoms in total. The van der Waals surface area contributed by atoms with E-state index in [2.05, 4.69) is 21.3 Å². The van der Waals surface area contributed by atoms with E-state index < -0.39 is 0 Å². The normalized spacial score (nSPS) is 9.94. The second-order valence-electron chi connectivity index (χ2n) is 2.87. The highest BCUT2D eigenvalue weighted by Gasteiger charge is 2.07. The number of rotatable bonds is 4. The van der Waals surface area contributed by atoms with Crippen LogP contribution in [0.5, 0.6) is 0 Å². The van der Waals surface area contributed by atoms with Gasteiger partial charge in [0.15, 0.2) is 0 Å². The van der Waals surface area contributed by atoms with E-state index in [4.69, 9.17) is 9.68 Å². The number of nitrogens with zero attached hydrogens (tertiary/aromatic N) is 4. The molecule has 2 aromatic heterocycles. The topological polar surface area (TPSA) is 75.6 Å². The molecule has 0 amide bonds. The standard InChI is InChI=1S/C10H8N4OS/c11-4-1-7-16-10-14-13-9(15-10)8-2-5-12-6-3-8/h2-3,5-6H,1,7H2. The first kappa shape index (κ1) is 10.6. The molecule has 0 bridgehead atoms. The summed E-state index contributed by atoms with van der Waals surface area (Å²) in [6.07, 6.45) is 3.81. The molecular formula is C10H8N4OS. The minimum absolute atomic E-state index is 0.470. The Morgan fingerprint density at radius 1 is 1.31 bits per heavy atom. The zero-order valence-corrected chi connectivity index (χ0v) is 9.15. The average molecular weight is 232 g/mol. The minimum Gasteiger partial charge on any atom is -0.411 e. The van der Waals surface area contributed by atoms with Crippen LogP contribution in [-0.4, -0.2) is 20.9 Å². The summed E-state index contributed by atoms with van der Waals surface area (Å²) in [5.41, 5.74) is 0.842. The third-order valence-electron chi connectivity index (χ3n) is 1.77. The summed E-state index contributed by atoms with van der Waals surface area (Å²) >= 11 is 1.38. The molecule has 16 heavy (non-hydrogen) atoms. The molecule has 0 N–H and O–H groups in total. The third-order valence-corrected chi connectivity index (χ3v) is 2.59. The fourth-order valence-corrected chi connectivity index (χ4v) is 1.67. The Bertz CT molecular complexity index is 491. The van der Waals surface area contributed by atoms with E-state index in [0.717, 1.165) is 5.56 Å². The highest BCUT2D eigenvalue weighted by atomic mass is 32.2. The maximum atomic E-state index is 8.39. The fraction of sp³-hybridized carbons (Fsp3) is 0.200. The smallest absolute Gasteiger partial charge is 0.276 e. The van der Waals surface area contributed by atoms with Gasteiger partial charge in [0.05, 0.1) is 6.07 Å². The van der Waals surface area contributed by atoms with Crippen molar-refractivity contribution in [1.29, 1.82) is 5.26 Å². The lowest BCUT2D eigenvalue weighted by atomic mass is 10.3. The highest BCUT2D eigenvalue weighted by Crippen LogP contribution is 2.22. The molecule has 2 rings (SSSR count). The van der Waals surface area contributed by atoms with Crippen molar-refractivity contribution in [2.24, 2.45) is 0 Å². The molecule has 2 aromatic rings. The van der Waals surface area contributed by atoms with E-state index in [1.807, 2.05) is 0 Å². The van der Waals surface area contributed by atoms with Crippen molar-refractivity contribution in [1.82, 2.24) is 15.2 Å². The molecule has 0 spiro atoms. The quantitative estimate of drug-likeness (QED) is 0.593. The molecule has 0 aromatic carbocycles. The molecule has 0 aliphatic rings. The molecule has 0 aliphatic carbocycles. The second kappa shape index (κ2) is 5.28. The number of hydrogen-bond donors (Lipinski definition) is 0. The summed E-state index contributed by atoms with van der Waals surface area (Å²) in [6.45, 7) is 0. The Morgan fingerprint density at radius 3 is 2.88 bits per heavy atom. The van der Waals surface area contributed by atoms with Gasteiger partial charge in [-0.2, -0.15) is 5.26 Å². The molecular weight excluding hydrogens is 224 g/mol. The lowest BCUT2D eigenvalue weighted by Crippen LogP contribution is -1.77. The van der Waals surface area contributed by atoms with Crippen LogP contribution >= 0.6 is 11.8 Å². The van der Waals surface area contributed by atoms with Gasteiger partial charge >= 0.3 is 0 Å². The maximum absolute atomic E-state index is 8.39. The van der Waals surface area contributed by atoms with Crippen LogP contribution in [0, 0.1) is 11.3 Å². The van der Waals surface area contributed by atoms with Crippen molar-refractivity contribution in [3.8, 4) is 17.5 Å². The van der Waals surface area contributed by atoms with Crippen LogP contribution in [0.3, 0.4) is 0 Å². The van der Waals surface area contributed by atoms with Gasteiger partial charge in [-0.25, -0.2) is 0 Å². The predicted octanol–water partition coefficient (Wildman–Crippen LogP) is 2.14. The van der Waals surface area contributed by atoms with Crippen molar-refractivity contribution in [3.05, 3.63) is 24.5 Å². The van der Waals surface area contributed by atoms with E-state index in [1.54, 1.807) is 24.5 Å². The van der Waals surface area contributed by atoms with Crippen molar-refractivity contribution in [3.63, 3.8) is 0 Å². The Hall–Kier alpha value is -1.87. The third kappa shape index (κ3) is 2.58. The van der Waals surface area contributed by atoms with Crippen LogP contribution < -0.4 is 0 Å². The second-order valence-corrected chi connectivity index (χ2v) is 3.91. The van der Waals surface area contributed by atoms with Gasteiger partial charge in [-0.1, -0.05) is 11.8 Å². The Labute approximate surface area is 96.5 Å². The van der Waals surface area contributed by atoms with Crippen LogP contribution in [0.1, 0.15) is 6.42 Å². The lowest BCUT2D eigenvalue weighted by molar-refractivity contribution is 0.466. The Kier molecular flexibility index (Phi) is 3.51. The monoisotopic (exact) mass is 232 g/mol. The molecule has 0 saturated carbocycles. The Morgan fingerprint density at radius 2 is 2.12 bits per heavy atom. The summed E-state index contributed by atoms with van der Waals surface area (Å²) in [4.78, 5) is 3.91. The molecule has 0 fully saturated rings. The summed E-state index contributed by atoms with van der Waals surface area (Å²) < 4.78 is 5.42. The van der Waals surface area contributed by atoms with Gasteiger partial charge in [0.2, 0.25) is 5.89 Å². The number of nitriles is 1. The molecule has 0 radical (unpaired) electrons. The van der Waals surface area contributed by atoms with Crippen LogP contribution in [0.15, 0.2) is 34.2 Å². The molecule has 0 saturated heterocycles. The van der Waals surface area contributed by atoms with Gasteiger partial charge < -0.3 is 4.42 Å². The first-order valence-corrected chi connectivity index (χ1v) is 5.62. The van der Waals surface area contributed by atoms with Gasteiger partial charge in [0, 0.05) is 30.1 Å². The number of aromatic nitrogens is 3. The van der Waals surface area contributed by atoms with Gasteiger partial charge in [0.1, 0.15) is 0 Å². The van der Waals surface area contributed by atoms with Crippen LogP contribution in [-0.2, 0) is 0 Å². The zero-order valence-electron chi connectivity index (χ0n) is 8.33. The van der Waals surface area contributed by atoms with Crippen LogP contribution in [0.4, 0.5) is 0 Å². The number of thioether (sulfide) groups is 1. The van der Waals surface area contributed by atoms with E-state index in [9.17, 15) is 0 Å². The van der Waals surface area contributed by atoms with Crippen LogP contribution in [0.25, 0.3) is 11.5 Å². The van der Waals surface area contributed by atoms with Crippen molar-refractivity contribution in [2.45, 2.75) is 11.6 Å². The number of pyridine rings is 1. The van der Waals surface area contributed by atoms with E-state index in [-0.39, 0.29) is 0 Å². The van der Waals surface area contributed by atoms with E-state index in [1.165, 1.54) is 11.8 Å². The first-order valence-electron chi connectivity index (χ1n) is 4.64. The molecule has 0 aliphatic heterocycles. The molecule has 80 valence electrons. The molecule has 0 unspecified atom stereocenters. The van der Waals surface area contributed by atoms with Crippen LogP contribution in [0.2, 0.25) is 0 Å². The van der Waals surface area contributed by atoms with Gasteiger partial charge in [-0.15, -0.1) is 10.2 Å². The lowest BCUT2D eigenvalue weighted by Gasteiger charge is -1.91. The fourth-order valence-electron chi connectivity index (χ4n) is 1.06. The van der Waals surface area contributed by atoms with Crippen molar-refractivity contribution in [2.75, 3.05) is 5.75 Å². The molecule has 6 heteroatoms. The summed E-state index contributed by atoms with van der Waals surface area (Å²) in [7, 11) is 0. The predicted molar refractivity (Wildman–Crippen MR) is 58.5 cm³/mol. The highest BCUT2D eigenvalue weighted by molar-refractivity contribution is 7.99. The van der Waals surface area contributed by atoms with Crippen molar-refractivity contribution >= 4 is 11.8 Å². The summed E-state index contributed by atoms with van der Waals surface area (Å²) in [6, 6.07) is 5.66. The van der Waals surface area contributed by atoms with Gasteiger partial charge in [-0.3, -0.25) is 4.98 Å². The van der Waals surface area contributed by atoms with Gasteiger partial charge in [0.25, 0.3) is 5.22 Å². The first-order chi connectivity index (χ1) is 7.90. The van der Waals surface area contributed by atoms with Gasteiger partial charge in [-0.05, 0) is 12.1 Å². The minimum atomic E-state index is 0.470. The number of hydrogen-bond acceptors (Lipinski definition) is 6. The molecule has 0 atom stereocenters. The summed E-state index contributed by atoms with van der Waals surface area (Å²) in [5, 5.41) is 16.7. The average Bonchev–Trinajstić information content (AvgIpc) is 2.79. The summed E-state index contributed by atoms with van der Waals surface area (Å²) in [5.74, 6) is 1.14. The Balaban J connectivity index is 2.06. The maximum Gasteiger partial charge on any atom is 0.276 e. The largest absolute Gasteiger partial charge is 0.411 e. The van der Waals surface area contributed by atoms with E-state index in [0.29, 0.717) is 23.3 Å². The van der Waals surface area contributed by atoms with Crippen molar-refractivity contribution < 1.29 is 4.42 Å².